The number of oxazole rings is 1. The lowest BCUT2D eigenvalue weighted by atomic mass is 9.86. The smallest absolute Gasteiger partial charge is 0.235 e. The Kier molecular flexibility index (Phi) is 10.4. The Labute approximate surface area is 255 Å². The van der Waals surface area contributed by atoms with Crippen molar-refractivity contribution in [1.29, 1.82) is 0 Å². The van der Waals surface area contributed by atoms with E-state index in [1.165, 1.54) is 15.8 Å². The molecule has 5 rings (SSSR count). The van der Waals surface area contributed by atoms with Crippen molar-refractivity contribution in [3.8, 4) is 5.75 Å². The van der Waals surface area contributed by atoms with Gasteiger partial charge in [-0.1, -0.05) is 66.7 Å². The number of rotatable bonds is 15. The first-order valence-corrected chi connectivity index (χ1v) is 15.2. The van der Waals surface area contributed by atoms with Crippen molar-refractivity contribution in [3.05, 3.63) is 141 Å². The van der Waals surface area contributed by atoms with Crippen LogP contribution in [0.25, 0.3) is 0 Å². The number of hydrogen-bond acceptors (Lipinski definition) is 9. The molecule has 0 fully saturated rings. The van der Waals surface area contributed by atoms with E-state index in [9.17, 15) is 20.4 Å². The number of aliphatic hydroxyl groups excluding tert-OH is 2. The highest BCUT2D eigenvalue weighted by Gasteiger charge is 2.38. The minimum atomic E-state index is -1.48. The van der Waals surface area contributed by atoms with E-state index in [1.54, 1.807) is 29.7 Å². The molecule has 224 valence electrons. The second-order valence-electron chi connectivity index (χ2n) is 10.4. The average Bonchev–Trinajstić information content (AvgIpc) is 3.72. The van der Waals surface area contributed by atoms with Crippen LogP contribution in [0.15, 0.2) is 102 Å². The zero-order chi connectivity index (χ0) is 30.1. The molecular formula is C34H37N3O5S. The van der Waals surface area contributed by atoms with Gasteiger partial charge in [0.2, 0.25) is 5.89 Å². The maximum absolute atomic E-state index is 11.8. The number of aromatic hydroxyl groups is 1. The summed E-state index contributed by atoms with van der Waals surface area (Å²) in [4.78, 5) is 6.96. The van der Waals surface area contributed by atoms with Crippen molar-refractivity contribution in [1.82, 2.24) is 15.6 Å². The first kappa shape index (κ1) is 30.6. The quantitative estimate of drug-likeness (QED) is 0.0976. The Morgan fingerprint density at radius 1 is 0.837 bits per heavy atom. The second-order valence-corrected chi connectivity index (χ2v) is 11.6. The molecule has 2 aromatic heterocycles. The van der Waals surface area contributed by atoms with Crippen molar-refractivity contribution in [2.24, 2.45) is 0 Å². The molecule has 43 heavy (non-hydrogen) atoms. The van der Waals surface area contributed by atoms with Crippen LogP contribution in [0.1, 0.15) is 49.8 Å². The third-order valence-electron chi connectivity index (χ3n) is 7.36. The Hall–Kier alpha value is -3.83. The molecule has 0 aliphatic carbocycles. The first-order chi connectivity index (χ1) is 21.0. The summed E-state index contributed by atoms with van der Waals surface area (Å²) in [6.07, 6.45) is 2.45. The van der Waals surface area contributed by atoms with Gasteiger partial charge in [0.25, 0.3) is 0 Å². The predicted molar refractivity (Wildman–Crippen MR) is 167 cm³/mol. The number of phenols is 1. The average molecular weight is 600 g/mol. The molecule has 0 saturated heterocycles. The normalized spacial score (nSPS) is 12.4. The van der Waals surface area contributed by atoms with E-state index >= 15 is 0 Å². The molecule has 0 spiro atoms. The van der Waals surface area contributed by atoms with Crippen LogP contribution in [-0.4, -0.2) is 45.0 Å². The van der Waals surface area contributed by atoms with Crippen LogP contribution in [0.5, 0.6) is 5.75 Å². The largest absolute Gasteiger partial charge is 0.508 e. The molecule has 0 amide bonds. The van der Waals surface area contributed by atoms with Gasteiger partial charge in [0.05, 0.1) is 18.9 Å². The van der Waals surface area contributed by atoms with Crippen molar-refractivity contribution < 1.29 is 24.8 Å². The van der Waals surface area contributed by atoms with Gasteiger partial charge in [0.15, 0.2) is 5.60 Å². The number of benzene rings is 3. The van der Waals surface area contributed by atoms with E-state index < -0.39 is 11.7 Å². The number of aliphatic hydroxyl groups is 3. The molecule has 0 radical (unpaired) electrons. The van der Waals surface area contributed by atoms with Crippen LogP contribution in [0.2, 0.25) is 0 Å². The van der Waals surface area contributed by atoms with Gasteiger partial charge in [-0.3, -0.25) is 0 Å². The molecule has 9 heteroatoms. The van der Waals surface area contributed by atoms with Gasteiger partial charge in [0, 0.05) is 47.9 Å². The summed E-state index contributed by atoms with van der Waals surface area (Å²) in [7, 11) is 0. The summed E-state index contributed by atoms with van der Waals surface area (Å²) in [6, 6.07) is 27.9. The molecule has 3 aromatic carbocycles. The van der Waals surface area contributed by atoms with Gasteiger partial charge in [0.1, 0.15) is 11.5 Å². The molecule has 6 N–H and O–H groups in total. The standard InChI is InChI=1S/C34H37N3O5S/c38-23-25-19-24(11-14-31(25)39)32(40)22-36-18-16-29-12-13-30(43-29)21-35-17-15-28-20-37-33(42-28)34(41,26-7-3-1-4-8-26)27-9-5-2-6-10-27/h1-14,19-20,32,35-36,38-41H,15-18,21-23H2. The molecule has 0 saturated carbocycles. The minimum Gasteiger partial charge on any atom is -0.508 e. The van der Waals surface area contributed by atoms with Gasteiger partial charge in [-0.15, -0.1) is 11.3 Å². The summed E-state index contributed by atoms with van der Waals surface area (Å²) < 4.78 is 6.09. The Bertz CT molecular complexity index is 1530. The van der Waals surface area contributed by atoms with E-state index in [1.807, 2.05) is 60.7 Å². The molecule has 8 nitrogen and oxygen atoms in total. The Balaban J connectivity index is 1.07. The highest BCUT2D eigenvalue weighted by molar-refractivity contribution is 7.11. The first-order valence-electron chi connectivity index (χ1n) is 14.4. The number of aromatic nitrogens is 1. The van der Waals surface area contributed by atoms with Crippen molar-refractivity contribution in [2.45, 2.75) is 37.7 Å². The SMILES string of the molecule is OCc1cc(C(O)CNCCc2ccc(CNCCc3cnc(C(O)(c4ccccc4)c4ccccc4)o3)s2)ccc1O. The third-order valence-corrected chi connectivity index (χ3v) is 8.50. The topological polar surface area (TPSA) is 131 Å². The number of thiophene rings is 1. The van der Waals surface area contributed by atoms with Gasteiger partial charge < -0.3 is 35.5 Å². The summed E-state index contributed by atoms with van der Waals surface area (Å²) in [5.74, 6) is 0.978. The zero-order valence-electron chi connectivity index (χ0n) is 23.8. The van der Waals surface area contributed by atoms with Crippen LogP contribution in [0.4, 0.5) is 0 Å². The fraction of sp³-hybridized carbons (Fsp3) is 0.265. The fourth-order valence-corrected chi connectivity index (χ4v) is 5.93. The van der Waals surface area contributed by atoms with Crippen LogP contribution < -0.4 is 10.6 Å². The molecule has 5 aromatic rings. The number of hydrogen-bond donors (Lipinski definition) is 6. The van der Waals surface area contributed by atoms with Crippen LogP contribution in [0.3, 0.4) is 0 Å². The second kappa shape index (κ2) is 14.6. The van der Waals surface area contributed by atoms with E-state index in [2.05, 4.69) is 27.8 Å². The highest BCUT2D eigenvalue weighted by Crippen LogP contribution is 2.36. The zero-order valence-corrected chi connectivity index (χ0v) is 24.6. The molecule has 1 unspecified atom stereocenters. The van der Waals surface area contributed by atoms with Crippen molar-refractivity contribution in [2.75, 3.05) is 19.6 Å². The highest BCUT2D eigenvalue weighted by atomic mass is 32.1. The Morgan fingerprint density at radius 3 is 2.21 bits per heavy atom. The molecule has 2 heterocycles. The third kappa shape index (κ3) is 7.58. The summed E-state index contributed by atoms with van der Waals surface area (Å²) in [5, 5.41) is 48.0. The van der Waals surface area contributed by atoms with Gasteiger partial charge >= 0.3 is 0 Å². The van der Waals surface area contributed by atoms with Crippen molar-refractivity contribution in [3.63, 3.8) is 0 Å². The van der Waals surface area contributed by atoms with Gasteiger partial charge in [-0.2, -0.15) is 0 Å². The van der Waals surface area contributed by atoms with Gasteiger partial charge in [-0.05, 0) is 47.4 Å². The van der Waals surface area contributed by atoms with Crippen LogP contribution in [0, 0.1) is 0 Å². The van der Waals surface area contributed by atoms with E-state index in [0.717, 1.165) is 19.5 Å². The summed E-state index contributed by atoms with van der Waals surface area (Å²) in [6.45, 7) is 2.27. The fourth-order valence-electron chi connectivity index (χ4n) is 4.95. The minimum absolute atomic E-state index is 0.0249. The maximum atomic E-state index is 11.8. The predicted octanol–water partition coefficient (Wildman–Crippen LogP) is 4.42. The van der Waals surface area contributed by atoms with Gasteiger partial charge in [-0.25, -0.2) is 4.98 Å². The summed E-state index contributed by atoms with van der Waals surface area (Å²) >= 11 is 1.75. The van der Waals surface area contributed by atoms with E-state index in [0.29, 0.717) is 47.5 Å². The number of nitrogens with one attached hydrogen (secondary N) is 2. The summed E-state index contributed by atoms with van der Waals surface area (Å²) in [5.41, 5.74) is 0.968. The van der Waals surface area contributed by atoms with Crippen LogP contribution >= 0.6 is 11.3 Å². The maximum Gasteiger partial charge on any atom is 0.235 e. The lowest BCUT2D eigenvalue weighted by molar-refractivity contribution is 0.0913. The monoisotopic (exact) mass is 599 g/mol. The Morgan fingerprint density at radius 2 is 1.51 bits per heavy atom. The number of nitrogens with zero attached hydrogens (tertiary/aromatic N) is 1. The molecule has 0 aliphatic rings. The molecule has 0 bridgehead atoms. The van der Waals surface area contributed by atoms with E-state index in [4.69, 9.17) is 4.42 Å². The molecular weight excluding hydrogens is 562 g/mol. The van der Waals surface area contributed by atoms with Crippen LogP contribution in [-0.2, 0) is 31.6 Å². The van der Waals surface area contributed by atoms with E-state index in [-0.39, 0.29) is 18.2 Å². The van der Waals surface area contributed by atoms with Crippen molar-refractivity contribution >= 4 is 11.3 Å². The lowest BCUT2D eigenvalue weighted by Gasteiger charge is -2.26. The molecule has 1 atom stereocenters. The molecule has 0 aliphatic heterocycles. The lowest BCUT2D eigenvalue weighted by Crippen LogP contribution is -2.29.